The van der Waals surface area contributed by atoms with Gasteiger partial charge in [-0.1, -0.05) is 12.1 Å². The summed E-state index contributed by atoms with van der Waals surface area (Å²) < 4.78 is 13.1. The average molecular weight is 541 g/mol. The van der Waals surface area contributed by atoms with E-state index in [4.69, 9.17) is 5.73 Å². The van der Waals surface area contributed by atoms with E-state index in [2.05, 4.69) is 30.1 Å². The van der Waals surface area contributed by atoms with Crippen LogP contribution in [0.5, 0.6) is 0 Å². The maximum absolute atomic E-state index is 13.1. The van der Waals surface area contributed by atoms with Gasteiger partial charge in [-0.3, -0.25) is 9.79 Å². The fraction of sp³-hybridized carbons (Fsp3) is 0.429. The van der Waals surface area contributed by atoms with E-state index in [1.165, 1.54) is 12.1 Å². The second-order valence-electron chi connectivity index (χ2n) is 7.15. The third kappa shape index (κ3) is 7.30. The van der Waals surface area contributed by atoms with Gasteiger partial charge in [0.05, 0.1) is 12.5 Å². The number of nitrogens with zero attached hydrogens (tertiary/aromatic N) is 5. The Morgan fingerprint density at radius 1 is 1.19 bits per heavy atom. The van der Waals surface area contributed by atoms with E-state index in [9.17, 15) is 9.18 Å². The van der Waals surface area contributed by atoms with Crippen LogP contribution in [0.3, 0.4) is 0 Å². The van der Waals surface area contributed by atoms with Crippen molar-refractivity contribution in [2.45, 2.75) is 13.3 Å². The molecule has 0 spiro atoms. The number of carbonyl (C=O) groups is 1. The maximum atomic E-state index is 13.1. The van der Waals surface area contributed by atoms with E-state index in [1.807, 2.05) is 6.92 Å². The number of hydrogen-bond donors (Lipinski definition) is 2. The number of benzene rings is 1. The van der Waals surface area contributed by atoms with Gasteiger partial charge in [-0.2, -0.15) is 0 Å². The van der Waals surface area contributed by atoms with E-state index in [1.54, 1.807) is 30.6 Å². The highest BCUT2D eigenvalue weighted by Crippen LogP contribution is 2.12. The quantitative estimate of drug-likeness (QED) is 0.315. The van der Waals surface area contributed by atoms with Crippen LogP contribution < -0.4 is 16.0 Å². The number of amides is 1. The molecule has 3 N–H and O–H groups in total. The molecule has 10 heteroatoms. The van der Waals surface area contributed by atoms with Crippen molar-refractivity contribution in [3.05, 3.63) is 54.1 Å². The lowest BCUT2D eigenvalue weighted by molar-refractivity contribution is -0.121. The van der Waals surface area contributed by atoms with Gasteiger partial charge in [-0.15, -0.1) is 24.0 Å². The molecule has 1 unspecified atom stereocenters. The summed E-state index contributed by atoms with van der Waals surface area (Å²) >= 11 is 0. The van der Waals surface area contributed by atoms with Gasteiger partial charge in [0.2, 0.25) is 11.9 Å². The van der Waals surface area contributed by atoms with Crippen LogP contribution in [0.15, 0.2) is 47.7 Å². The number of piperazine rings is 1. The molecule has 31 heavy (non-hydrogen) atoms. The van der Waals surface area contributed by atoms with Gasteiger partial charge in [-0.25, -0.2) is 14.4 Å². The lowest BCUT2D eigenvalue weighted by Gasteiger charge is -2.36. The van der Waals surface area contributed by atoms with Crippen LogP contribution in [0.2, 0.25) is 0 Å². The fourth-order valence-corrected chi connectivity index (χ4v) is 3.36. The van der Waals surface area contributed by atoms with Gasteiger partial charge >= 0.3 is 0 Å². The van der Waals surface area contributed by atoms with Gasteiger partial charge in [-0.05, 0) is 37.1 Å². The second-order valence-corrected chi connectivity index (χ2v) is 7.15. The van der Waals surface area contributed by atoms with Gasteiger partial charge in [0.15, 0.2) is 5.96 Å². The van der Waals surface area contributed by atoms with Gasteiger partial charge in [0.1, 0.15) is 5.82 Å². The highest BCUT2D eigenvalue weighted by atomic mass is 127. The summed E-state index contributed by atoms with van der Waals surface area (Å²) in [7, 11) is 0. The van der Waals surface area contributed by atoms with Crippen molar-refractivity contribution in [2.24, 2.45) is 16.6 Å². The molecule has 1 fully saturated rings. The highest BCUT2D eigenvalue weighted by Gasteiger charge is 2.22. The number of aliphatic imine (C=N–C) groups is 1. The van der Waals surface area contributed by atoms with Gasteiger partial charge in [0.25, 0.3) is 0 Å². The first-order chi connectivity index (χ1) is 14.6. The molecule has 1 aliphatic rings. The van der Waals surface area contributed by atoms with Crippen molar-refractivity contribution in [3.8, 4) is 0 Å². The Morgan fingerprint density at radius 3 is 2.42 bits per heavy atom. The Morgan fingerprint density at radius 2 is 1.84 bits per heavy atom. The molecule has 1 saturated heterocycles. The lowest BCUT2D eigenvalue weighted by Crippen LogP contribution is -2.53. The molecule has 1 amide bonds. The first kappa shape index (κ1) is 24.8. The van der Waals surface area contributed by atoms with Gasteiger partial charge < -0.3 is 20.9 Å². The first-order valence-electron chi connectivity index (χ1n) is 10.2. The number of nitrogens with one attached hydrogen (secondary N) is 1. The molecule has 2 aromatic rings. The van der Waals surface area contributed by atoms with E-state index >= 15 is 0 Å². The summed E-state index contributed by atoms with van der Waals surface area (Å²) in [4.78, 5) is 29.5. The summed E-state index contributed by atoms with van der Waals surface area (Å²) in [6, 6.07) is 7.92. The van der Waals surface area contributed by atoms with Gasteiger partial charge in [0, 0.05) is 45.1 Å². The third-order valence-corrected chi connectivity index (χ3v) is 5.01. The molecule has 0 radical (unpaired) electrons. The zero-order valence-electron chi connectivity index (χ0n) is 17.6. The normalized spacial score (nSPS) is 15.2. The van der Waals surface area contributed by atoms with Crippen LogP contribution in [-0.2, 0) is 11.2 Å². The number of primary amides is 1. The van der Waals surface area contributed by atoms with E-state index in [0.717, 1.165) is 50.2 Å². The molecule has 1 aromatic heterocycles. The molecule has 0 bridgehead atoms. The van der Waals surface area contributed by atoms with Crippen molar-refractivity contribution >= 4 is 41.8 Å². The summed E-state index contributed by atoms with van der Waals surface area (Å²) in [6.45, 7) is 6.10. The molecule has 0 aliphatic carbocycles. The Balaban J connectivity index is 0.00000341. The lowest BCUT2D eigenvalue weighted by atomic mass is 9.99. The number of nitrogens with two attached hydrogens (primary N) is 1. The smallest absolute Gasteiger partial charge is 0.225 e. The first-order valence-corrected chi connectivity index (χ1v) is 10.2. The molecule has 8 nitrogen and oxygen atoms in total. The van der Waals surface area contributed by atoms with Crippen molar-refractivity contribution in [2.75, 3.05) is 44.2 Å². The maximum Gasteiger partial charge on any atom is 0.225 e. The largest absolute Gasteiger partial charge is 0.369 e. The molecule has 2 heterocycles. The number of rotatable bonds is 7. The SMILES string of the molecule is CCNC(=NCC(Cc1ccc(F)cc1)C(N)=O)N1CCN(c2ncccn2)CC1.I. The van der Waals surface area contributed by atoms with E-state index in [0.29, 0.717) is 6.42 Å². The van der Waals surface area contributed by atoms with Crippen LogP contribution in [0.1, 0.15) is 12.5 Å². The molecule has 3 rings (SSSR count). The van der Waals surface area contributed by atoms with Crippen molar-refractivity contribution in [1.29, 1.82) is 0 Å². The summed E-state index contributed by atoms with van der Waals surface area (Å²) in [6.07, 6.45) is 3.91. The molecular formula is C21H29FIN7O. The monoisotopic (exact) mass is 541 g/mol. The minimum atomic E-state index is -0.455. The molecule has 168 valence electrons. The highest BCUT2D eigenvalue weighted by molar-refractivity contribution is 14.0. The predicted octanol–water partition coefficient (Wildman–Crippen LogP) is 1.67. The Hall–Kier alpha value is -2.50. The van der Waals surface area contributed by atoms with E-state index in [-0.39, 0.29) is 36.3 Å². The number of anilines is 1. The van der Waals surface area contributed by atoms with Crippen LogP contribution in [0, 0.1) is 11.7 Å². The van der Waals surface area contributed by atoms with Crippen LogP contribution >= 0.6 is 24.0 Å². The van der Waals surface area contributed by atoms with Crippen molar-refractivity contribution < 1.29 is 9.18 Å². The summed E-state index contributed by atoms with van der Waals surface area (Å²) in [5, 5.41) is 3.30. The van der Waals surface area contributed by atoms with Crippen LogP contribution in [0.25, 0.3) is 0 Å². The Bertz CT molecular complexity index is 843. The molecule has 1 atom stereocenters. The van der Waals surface area contributed by atoms with Crippen LogP contribution in [-0.4, -0.2) is 66.0 Å². The molecule has 0 saturated carbocycles. The number of carbonyl (C=O) groups excluding carboxylic acids is 1. The Labute approximate surface area is 199 Å². The minimum absolute atomic E-state index is 0. The predicted molar refractivity (Wildman–Crippen MR) is 130 cm³/mol. The zero-order chi connectivity index (χ0) is 21.3. The van der Waals surface area contributed by atoms with Crippen LogP contribution in [0.4, 0.5) is 10.3 Å². The topological polar surface area (TPSA) is 99.7 Å². The van der Waals surface area contributed by atoms with Crippen molar-refractivity contribution in [3.63, 3.8) is 0 Å². The number of guanidine groups is 1. The Kier molecular flexibility index (Phi) is 9.89. The van der Waals surface area contributed by atoms with E-state index < -0.39 is 11.8 Å². The average Bonchev–Trinajstić information content (AvgIpc) is 2.77. The number of aromatic nitrogens is 2. The number of halogens is 2. The third-order valence-electron chi connectivity index (χ3n) is 5.01. The number of hydrogen-bond acceptors (Lipinski definition) is 5. The molecular weight excluding hydrogens is 512 g/mol. The van der Waals surface area contributed by atoms with Crippen molar-refractivity contribution in [1.82, 2.24) is 20.2 Å². The minimum Gasteiger partial charge on any atom is -0.369 e. The summed E-state index contributed by atoms with van der Waals surface area (Å²) in [5.74, 6) is 0.318. The molecule has 1 aromatic carbocycles. The summed E-state index contributed by atoms with van der Waals surface area (Å²) in [5.41, 5.74) is 6.46. The standard InChI is InChI=1S/C21H28FN7O.HI/c1-2-24-20(28-10-12-29(13-11-28)21-25-8-3-9-26-21)27-15-17(19(23)30)14-16-4-6-18(22)7-5-16;/h3-9,17H,2,10-15H2,1H3,(H2,23,30)(H,24,27);1H. The molecule has 1 aliphatic heterocycles. The second kappa shape index (κ2) is 12.4. The fourth-order valence-electron chi connectivity index (χ4n) is 3.36. The zero-order valence-corrected chi connectivity index (χ0v) is 19.9.